The molecule has 23 heavy (non-hydrogen) atoms. The lowest BCUT2D eigenvalue weighted by Crippen LogP contribution is -2.28. The van der Waals surface area contributed by atoms with Gasteiger partial charge in [-0.3, -0.25) is 4.79 Å². The summed E-state index contributed by atoms with van der Waals surface area (Å²) in [5.41, 5.74) is 5.16. The van der Waals surface area contributed by atoms with Crippen molar-refractivity contribution in [3.05, 3.63) is 41.2 Å². The van der Waals surface area contributed by atoms with Crippen molar-refractivity contribution in [1.29, 1.82) is 0 Å². The smallest absolute Gasteiger partial charge is 0.416 e. The maximum absolute atomic E-state index is 12.8. The largest absolute Gasteiger partial charge is 0.481 e. The van der Waals surface area contributed by atoms with Gasteiger partial charge in [-0.15, -0.1) is 5.10 Å². The molecule has 0 radical (unpaired) electrons. The van der Waals surface area contributed by atoms with Crippen molar-refractivity contribution in [2.24, 2.45) is 0 Å². The van der Waals surface area contributed by atoms with Crippen LogP contribution in [0.15, 0.2) is 24.3 Å². The van der Waals surface area contributed by atoms with Crippen LogP contribution in [0.5, 0.6) is 0 Å². The van der Waals surface area contributed by atoms with Crippen molar-refractivity contribution < 1.29 is 23.1 Å². The lowest BCUT2D eigenvalue weighted by atomic mass is 9.85. The third-order valence-electron chi connectivity index (χ3n) is 3.93. The number of aromatic nitrogens is 3. The van der Waals surface area contributed by atoms with Gasteiger partial charge in [-0.25, -0.2) is 4.68 Å². The molecular formula is C14H13F3N4O2. The Morgan fingerprint density at radius 2 is 2.13 bits per heavy atom. The molecule has 3 rings (SSSR count). The molecule has 1 aromatic carbocycles. The number of benzene rings is 1. The highest BCUT2D eigenvalue weighted by molar-refractivity contribution is 5.75. The summed E-state index contributed by atoms with van der Waals surface area (Å²) in [4.78, 5) is 15.3. The highest BCUT2D eigenvalue weighted by Gasteiger charge is 2.36. The maximum atomic E-state index is 12.8. The minimum absolute atomic E-state index is 0.0454. The SMILES string of the molecule is Nc1nc2n(n1)CC(c1cccc(C(F)(F)F)c1)CC2C(=O)O. The van der Waals surface area contributed by atoms with E-state index in [1.807, 2.05) is 0 Å². The Labute approximate surface area is 128 Å². The first-order chi connectivity index (χ1) is 10.8. The summed E-state index contributed by atoms with van der Waals surface area (Å²) in [5, 5.41) is 13.3. The van der Waals surface area contributed by atoms with Gasteiger partial charge in [0, 0.05) is 5.92 Å². The van der Waals surface area contributed by atoms with Crippen molar-refractivity contribution in [3.8, 4) is 0 Å². The van der Waals surface area contributed by atoms with E-state index in [-0.39, 0.29) is 24.7 Å². The van der Waals surface area contributed by atoms with Crippen molar-refractivity contribution in [2.75, 3.05) is 5.73 Å². The minimum Gasteiger partial charge on any atom is -0.481 e. The number of fused-ring (bicyclic) bond motifs is 1. The molecule has 2 atom stereocenters. The molecule has 1 aliphatic heterocycles. The van der Waals surface area contributed by atoms with E-state index in [4.69, 9.17) is 5.73 Å². The van der Waals surface area contributed by atoms with Gasteiger partial charge >= 0.3 is 12.1 Å². The number of carboxylic acid groups (broad SMARTS) is 1. The normalized spacial score (nSPS) is 21.0. The summed E-state index contributed by atoms with van der Waals surface area (Å²) < 4.78 is 39.9. The highest BCUT2D eigenvalue weighted by atomic mass is 19.4. The van der Waals surface area contributed by atoms with Crippen LogP contribution in [0.3, 0.4) is 0 Å². The quantitative estimate of drug-likeness (QED) is 0.882. The van der Waals surface area contributed by atoms with E-state index in [9.17, 15) is 23.1 Å². The summed E-state index contributed by atoms with van der Waals surface area (Å²) in [6.45, 7) is 0.241. The number of alkyl halides is 3. The maximum Gasteiger partial charge on any atom is 0.416 e. The Balaban J connectivity index is 1.98. The highest BCUT2D eigenvalue weighted by Crippen LogP contribution is 2.38. The first kappa shape index (κ1) is 15.3. The van der Waals surface area contributed by atoms with Gasteiger partial charge < -0.3 is 10.8 Å². The average molecular weight is 326 g/mol. The third kappa shape index (κ3) is 2.86. The number of hydrogen-bond donors (Lipinski definition) is 2. The topological polar surface area (TPSA) is 94.0 Å². The average Bonchev–Trinajstić information content (AvgIpc) is 2.85. The Hall–Kier alpha value is -2.58. The van der Waals surface area contributed by atoms with Gasteiger partial charge in [0.25, 0.3) is 0 Å². The molecule has 2 aromatic rings. The van der Waals surface area contributed by atoms with Crippen LogP contribution in [0.2, 0.25) is 0 Å². The standard InChI is InChI=1S/C14H13F3N4O2/c15-14(16,17)9-3-1-2-7(4-9)8-5-10(12(22)23)11-19-13(18)20-21(11)6-8/h1-4,8,10H,5-6H2,(H2,18,20)(H,22,23). The first-order valence-electron chi connectivity index (χ1n) is 6.86. The van der Waals surface area contributed by atoms with Crippen molar-refractivity contribution in [3.63, 3.8) is 0 Å². The molecule has 0 saturated heterocycles. The van der Waals surface area contributed by atoms with Gasteiger partial charge in [-0.05, 0) is 18.1 Å². The molecule has 2 unspecified atom stereocenters. The van der Waals surface area contributed by atoms with Gasteiger partial charge in [0.1, 0.15) is 11.7 Å². The second-order valence-electron chi connectivity index (χ2n) is 5.46. The number of nitrogen functional groups attached to an aromatic ring is 1. The van der Waals surface area contributed by atoms with Gasteiger partial charge in [-0.2, -0.15) is 18.2 Å². The predicted molar refractivity (Wildman–Crippen MR) is 73.6 cm³/mol. The van der Waals surface area contributed by atoms with Crippen molar-refractivity contribution >= 4 is 11.9 Å². The molecule has 6 nitrogen and oxygen atoms in total. The number of anilines is 1. The second kappa shape index (κ2) is 5.25. The van der Waals surface area contributed by atoms with Gasteiger partial charge in [-0.1, -0.05) is 18.2 Å². The van der Waals surface area contributed by atoms with E-state index >= 15 is 0 Å². The summed E-state index contributed by atoms with van der Waals surface area (Å²) >= 11 is 0. The predicted octanol–water partition coefficient (Wildman–Crippen LogP) is 2.23. The van der Waals surface area contributed by atoms with Crippen molar-refractivity contribution in [2.45, 2.75) is 31.0 Å². The fourth-order valence-electron chi connectivity index (χ4n) is 2.86. The van der Waals surface area contributed by atoms with Crippen LogP contribution in [0, 0.1) is 0 Å². The molecule has 1 aliphatic rings. The molecule has 1 aromatic heterocycles. The molecule has 0 spiro atoms. The van der Waals surface area contributed by atoms with E-state index in [0.29, 0.717) is 5.56 Å². The van der Waals surface area contributed by atoms with E-state index in [1.54, 1.807) is 6.07 Å². The number of halogens is 3. The number of carboxylic acids is 1. The zero-order valence-electron chi connectivity index (χ0n) is 11.8. The van der Waals surface area contributed by atoms with Crippen LogP contribution in [0.1, 0.15) is 35.2 Å². The third-order valence-corrected chi connectivity index (χ3v) is 3.93. The summed E-state index contributed by atoms with van der Waals surface area (Å²) in [7, 11) is 0. The monoisotopic (exact) mass is 326 g/mol. The van der Waals surface area contributed by atoms with Crippen molar-refractivity contribution in [1.82, 2.24) is 14.8 Å². The number of rotatable bonds is 2. The zero-order valence-corrected chi connectivity index (χ0v) is 11.8. The number of hydrogen-bond acceptors (Lipinski definition) is 4. The number of nitrogens with two attached hydrogens (primary N) is 1. The zero-order chi connectivity index (χ0) is 16.8. The van der Waals surface area contributed by atoms with Crippen LogP contribution in [-0.2, 0) is 17.5 Å². The lowest BCUT2D eigenvalue weighted by Gasteiger charge is -2.27. The molecule has 2 heterocycles. The van der Waals surface area contributed by atoms with E-state index in [2.05, 4.69) is 10.1 Å². The van der Waals surface area contributed by atoms with E-state index in [0.717, 1.165) is 12.1 Å². The molecule has 3 N–H and O–H groups in total. The molecule has 0 aliphatic carbocycles. The van der Waals surface area contributed by atoms with Crippen LogP contribution < -0.4 is 5.73 Å². The fraction of sp³-hybridized carbons (Fsp3) is 0.357. The summed E-state index contributed by atoms with van der Waals surface area (Å²) in [5.74, 6) is -2.27. The molecule has 122 valence electrons. The van der Waals surface area contributed by atoms with Gasteiger partial charge in [0.05, 0.1) is 12.1 Å². The van der Waals surface area contributed by atoms with Gasteiger partial charge in [0.2, 0.25) is 5.95 Å². The molecule has 0 fully saturated rings. The summed E-state index contributed by atoms with van der Waals surface area (Å²) in [6, 6.07) is 4.91. The Morgan fingerprint density at radius 1 is 1.39 bits per heavy atom. The Kier molecular flexibility index (Phi) is 3.50. The minimum atomic E-state index is -4.44. The summed E-state index contributed by atoms with van der Waals surface area (Å²) in [6.07, 6.45) is -4.30. The Bertz CT molecular complexity index is 757. The lowest BCUT2D eigenvalue weighted by molar-refractivity contribution is -0.140. The van der Waals surface area contributed by atoms with Crippen LogP contribution in [-0.4, -0.2) is 25.8 Å². The molecular weight excluding hydrogens is 313 g/mol. The van der Waals surface area contributed by atoms with Gasteiger partial charge in [0.15, 0.2) is 0 Å². The van der Waals surface area contributed by atoms with Crippen LogP contribution >= 0.6 is 0 Å². The molecule has 0 saturated carbocycles. The first-order valence-corrected chi connectivity index (χ1v) is 6.86. The number of nitrogens with zero attached hydrogens (tertiary/aromatic N) is 3. The number of carbonyl (C=O) groups is 1. The molecule has 9 heteroatoms. The molecule has 0 bridgehead atoms. The fourth-order valence-corrected chi connectivity index (χ4v) is 2.86. The number of aliphatic carboxylic acids is 1. The van der Waals surface area contributed by atoms with E-state index < -0.39 is 29.5 Å². The van der Waals surface area contributed by atoms with Crippen LogP contribution in [0.25, 0.3) is 0 Å². The molecule has 0 amide bonds. The second-order valence-corrected chi connectivity index (χ2v) is 5.46. The van der Waals surface area contributed by atoms with E-state index in [1.165, 1.54) is 10.7 Å². The Morgan fingerprint density at radius 3 is 2.78 bits per heavy atom. The van der Waals surface area contributed by atoms with Crippen LogP contribution in [0.4, 0.5) is 19.1 Å².